The first-order chi connectivity index (χ1) is 7.09. The van der Waals surface area contributed by atoms with Gasteiger partial charge in [-0.3, -0.25) is 4.79 Å². The fourth-order valence-electron chi connectivity index (χ4n) is 1.39. The molecule has 4 heteroatoms. The van der Waals surface area contributed by atoms with E-state index in [2.05, 4.69) is 21.7 Å². The molecule has 1 atom stereocenters. The van der Waals surface area contributed by atoms with Gasteiger partial charge in [0.25, 0.3) is 0 Å². The minimum absolute atomic E-state index is 0.294. The third-order valence-corrected chi connectivity index (χ3v) is 3.10. The zero-order chi connectivity index (χ0) is 11.3. The summed E-state index contributed by atoms with van der Waals surface area (Å²) in [6.45, 7) is 3.26. The number of likely N-dealkylation sites (N-methyl/N-ethyl adjacent to an activating group) is 1. The molecule has 1 aromatic heterocycles. The lowest BCUT2D eigenvalue weighted by Gasteiger charge is -2.18. The Morgan fingerprint density at radius 1 is 1.67 bits per heavy atom. The first kappa shape index (κ1) is 12.2. The van der Waals surface area contributed by atoms with Crippen LogP contribution in [-0.2, 0) is 11.2 Å². The number of thiophene rings is 1. The third kappa shape index (κ3) is 4.44. The second kappa shape index (κ2) is 5.88. The summed E-state index contributed by atoms with van der Waals surface area (Å²) in [5.74, 6) is -1.02. The molecule has 0 saturated heterocycles. The summed E-state index contributed by atoms with van der Waals surface area (Å²) in [6, 6.07) is 2.11. The van der Waals surface area contributed by atoms with Gasteiger partial charge in [-0.25, -0.2) is 0 Å². The number of rotatable bonds is 6. The molecule has 1 unspecified atom stereocenters. The molecule has 1 heterocycles. The highest BCUT2D eigenvalue weighted by Gasteiger charge is 2.13. The van der Waals surface area contributed by atoms with Crippen molar-refractivity contribution >= 4 is 17.3 Å². The van der Waals surface area contributed by atoms with Crippen LogP contribution < -0.4 is 0 Å². The van der Waals surface area contributed by atoms with Crippen molar-refractivity contribution in [3.8, 4) is 0 Å². The van der Waals surface area contributed by atoms with E-state index < -0.39 is 5.97 Å². The highest BCUT2D eigenvalue weighted by molar-refractivity contribution is 7.07. The number of hydrogen-bond acceptors (Lipinski definition) is 3. The van der Waals surface area contributed by atoms with Crippen molar-refractivity contribution < 1.29 is 9.90 Å². The summed E-state index contributed by atoms with van der Waals surface area (Å²) in [5, 5.41) is 13.0. The molecule has 0 aliphatic heterocycles. The molecule has 0 aliphatic rings. The number of nitrogens with zero attached hydrogens (tertiary/aromatic N) is 1. The highest BCUT2D eigenvalue weighted by Crippen LogP contribution is 2.07. The molecule has 0 saturated carbocycles. The van der Waals surface area contributed by atoms with Crippen molar-refractivity contribution in [2.24, 2.45) is 5.92 Å². The minimum atomic E-state index is -0.725. The molecule has 15 heavy (non-hydrogen) atoms. The van der Waals surface area contributed by atoms with Gasteiger partial charge in [0.05, 0.1) is 5.92 Å². The van der Waals surface area contributed by atoms with Gasteiger partial charge in [-0.05, 0) is 35.9 Å². The number of carboxylic acid groups (broad SMARTS) is 1. The second-order valence-electron chi connectivity index (χ2n) is 3.88. The van der Waals surface area contributed by atoms with Gasteiger partial charge in [0.15, 0.2) is 0 Å². The Bertz CT molecular complexity index is 298. The van der Waals surface area contributed by atoms with Gasteiger partial charge in [-0.1, -0.05) is 6.92 Å². The lowest BCUT2D eigenvalue weighted by molar-refractivity contribution is -0.141. The molecule has 1 aromatic rings. The van der Waals surface area contributed by atoms with E-state index >= 15 is 0 Å². The van der Waals surface area contributed by atoms with E-state index in [0.29, 0.717) is 6.54 Å². The molecular formula is C11H17NO2S. The van der Waals surface area contributed by atoms with E-state index in [1.807, 2.05) is 7.05 Å². The third-order valence-electron chi connectivity index (χ3n) is 2.37. The quantitative estimate of drug-likeness (QED) is 0.807. The normalized spacial score (nSPS) is 13.0. The lowest BCUT2D eigenvalue weighted by Crippen LogP contribution is -2.30. The molecule has 0 aromatic carbocycles. The summed E-state index contributed by atoms with van der Waals surface area (Å²) in [4.78, 5) is 12.7. The predicted octanol–water partition coefficient (Wildman–Crippen LogP) is 1.94. The van der Waals surface area contributed by atoms with Crippen molar-refractivity contribution in [3.05, 3.63) is 22.4 Å². The van der Waals surface area contributed by atoms with Crippen LogP contribution in [0.15, 0.2) is 16.8 Å². The van der Waals surface area contributed by atoms with Gasteiger partial charge in [-0.15, -0.1) is 0 Å². The molecule has 1 rings (SSSR count). The Morgan fingerprint density at radius 3 is 2.93 bits per heavy atom. The average Bonchev–Trinajstić information content (AvgIpc) is 2.66. The molecule has 0 spiro atoms. The summed E-state index contributed by atoms with van der Waals surface area (Å²) in [7, 11) is 1.96. The Balaban J connectivity index is 2.24. The Hall–Kier alpha value is -0.870. The summed E-state index contributed by atoms with van der Waals surface area (Å²) < 4.78 is 0. The van der Waals surface area contributed by atoms with Gasteiger partial charge >= 0.3 is 5.97 Å². The lowest BCUT2D eigenvalue weighted by atomic mass is 10.1. The number of hydrogen-bond donors (Lipinski definition) is 1. The average molecular weight is 227 g/mol. The second-order valence-corrected chi connectivity index (χ2v) is 4.66. The standard InChI is InChI=1S/C11H17NO2S/c1-9(11(13)14)7-12(2)5-3-10-4-6-15-8-10/h4,6,8-9H,3,5,7H2,1-2H3,(H,13,14). The topological polar surface area (TPSA) is 40.5 Å². The van der Waals surface area contributed by atoms with Crippen LogP contribution in [0.3, 0.4) is 0 Å². The zero-order valence-corrected chi connectivity index (χ0v) is 9.96. The summed E-state index contributed by atoms with van der Waals surface area (Å²) in [6.07, 6.45) is 0.992. The summed E-state index contributed by atoms with van der Waals surface area (Å²) >= 11 is 1.70. The first-order valence-electron chi connectivity index (χ1n) is 5.02. The SMILES string of the molecule is CC(CN(C)CCc1ccsc1)C(=O)O. The highest BCUT2D eigenvalue weighted by atomic mass is 32.1. The van der Waals surface area contributed by atoms with E-state index in [9.17, 15) is 4.79 Å². The van der Waals surface area contributed by atoms with Crippen LogP contribution in [0.4, 0.5) is 0 Å². The van der Waals surface area contributed by atoms with Crippen LogP contribution in [-0.4, -0.2) is 36.1 Å². The van der Waals surface area contributed by atoms with Gasteiger partial charge in [0, 0.05) is 13.1 Å². The maximum Gasteiger partial charge on any atom is 0.307 e. The van der Waals surface area contributed by atoms with Crippen LogP contribution in [0.2, 0.25) is 0 Å². The number of aliphatic carboxylic acids is 1. The maximum absolute atomic E-state index is 10.6. The molecule has 0 amide bonds. The van der Waals surface area contributed by atoms with Crippen LogP contribution in [0.5, 0.6) is 0 Å². The molecule has 3 nitrogen and oxygen atoms in total. The Morgan fingerprint density at radius 2 is 2.40 bits per heavy atom. The van der Waals surface area contributed by atoms with E-state index in [-0.39, 0.29) is 5.92 Å². The smallest absolute Gasteiger partial charge is 0.307 e. The Labute approximate surface area is 94.3 Å². The van der Waals surface area contributed by atoms with Crippen molar-refractivity contribution in [3.63, 3.8) is 0 Å². The van der Waals surface area contributed by atoms with Crippen LogP contribution in [0.25, 0.3) is 0 Å². The zero-order valence-electron chi connectivity index (χ0n) is 9.14. The molecular weight excluding hydrogens is 210 g/mol. The van der Waals surface area contributed by atoms with Crippen molar-refractivity contribution in [1.29, 1.82) is 0 Å². The van der Waals surface area contributed by atoms with Gasteiger partial charge in [-0.2, -0.15) is 11.3 Å². The first-order valence-corrected chi connectivity index (χ1v) is 5.96. The molecule has 0 fully saturated rings. The molecule has 84 valence electrons. The van der Waals surface area contributed by atoms with Crippen LogP contribution in [0.1, 0.15) is 12.5 Å². The maximum atomic E-state index is 10.6. The molecule has 1 N–H and O–H groups in total. The molecule has 0 aliphatic carbocycles. The van der Waals surface area contributed by atoms with E-state index in [1.54, 1.807) is 18.3 Å². The van der Waals surface area contributed by atoms with Crippen molar-refractivity contribution in [2.75, 3.05) is 20.1 Å². The van der Waals surface area contributed by atoms with E-state index in [1.165, 1.54) is 5.56 Å². The van der Waals surface area contributed by atoms with E-state index in [4.69, 9.17) is 5.11 Å². The molecule has 0 radical (unpaired) electrons. The summed E-state index contributed by atoms with van der Waals surface area (Å²) in [5.41, 5.74) is 1.33. The van der Waals surface area contributed by atoms with Gasteiger partial charge in [0.1, 0.15) is 0 Å². The van der Waals surface area contributed by atoms with Gasteiger partial charge < -0.3 is 10.0 Å². The Kier molecular flexibility index (Phi) is 4.78. The van der Waals surface area contributed by atoms with Crippen molar-refractivity contribution in [2.45, 2.75) is 13.3 Å². The predicted molar refractivity (Wildman–Crippen MR) is 62.3 cm³/mol. The number of carbonyl (C=O) groups is 1. The van der Waals surface area contributed by atoms with Crippen LogP contribution >= 0.6 is 11.3 Å². The fourth-order valence-corrected chi connectivity index (χ4v) is 2.09. The fraction of sp³-hybridized carbons (Fsp3) is 0.545. The number of carboxylic acids is 1. The van der Waals surface area contributed by atoms with E-state index in [0.717, 1.165) is 13.0 Å². The monoisotopic (exact) mass is 227 g/mol. The largest absolute Gasteiger partial charge is 0.481 e. The molecule has 0 bridgehead atoms. The van der Waals surface area contributed by atoms with Crippen LogP contribution in [0, 0.1) is 5.92 Å². The minimum Gasteiger partial charge on any atom is -0.481 e. The van der Waals surface area contributed by atoms with Crippen molar-refractivity contribution in [1.82, 2.24) is 4.90 Å². The van der Waals surface area contributed by atoms with Gasteiger partial charge in [0.2, 0.25) is 0 Å².